The van der Waals surface area contributed by atoms with Crippen LogP contribution in [0.2, 0.25) is 0 Å². The third-order valence-corrected chi connectivity index (χ3v) is 4.27. The molecule has 0 bridgehead atoms. The summed E-state index contributed by atoms with van der Waals surface area (Å²) in [6, 6.07) is 21.6. The van der Waals surface area contributed by atoms with Gasteiger partial charge in [0.2, 0.25) is 5.60 Å². The Morgan fingerprint density at radius 2 is 1.07 bits per heavy atom. The molecule has 0 saturated carbocycles. The first-order valence-corrected chi connectivity index (χ1v) is 8.70. The molecule has 3 aromatic carbocycles. The lowest BCUT2D eigenvalue weighted by molar-refractivity contribution is -0.148. The van der Waals surface area contributed by atoms with Crippen molar-refractivity contribution in [2.24, 2.45) is 0 Å². The summed E-state index contributed by atoms with van der Waals surface area (Å²) in [6.45, 7) is 0. The van der Waals surface area contributed by atoms with Crippen LogP contribution in [0.15, 0.2) is 84.9 Å². The molecule has 7 nitrogen and oxygen atoms in total. The van der Waals surface area contributed by atoms with Crippen LogP contribution in [-0.4, -0.2) is 28.0 Å². The zero-order valence-corrected chi connectivity index (χ0v) is 15.2. The highest BCUT2D eigenvalue weighted by molar-refractivity contribution is 6.17. The molecule has 0 aromatic heterocycles. The lowest BCUT2D eigenvalue weighted by Crippen LogP contribution is -2.50. The monoisotopic (exact) mass is 390 g/mol. The van der Waals surface area contributed by atoms with Gasteiger partial charge in [-0.2, -0.15) is 0 Å². The lowest BCUT2D eigenvalue weighted by atomic mass is 9.90. The molecule has 0 radical (unpaired) electrons. The minimum absolute atomic E-state index is 0.0389. The summed E-state index contributed by atoms with van der Waals surface area (Å²) in [5, 5.41) is 25.3. The van der Waals surface area contributed by atoms with Crippen LogP contribution in [0.3, 0.4) is 0 Å². The number of carbonyl (C=O) groups is 3. The molecule has 0 heterocycles. The molecule has 0 unspecified atom stereocenters. The minimum Gasteiger partial charge on any atom is -0.478 e. The van der Waals surface area contributed by atoms with Crippen molar-refractivity contribution >= 4 is 29.2 Å². The molecular formula is C22H18N2O5. The van der Waals surface area contributed by atoms with Crippen LogP contribution in [0.4, 0.5) is 11.4 Å². The Bertz CT molecular complexity index is 965. The van der Waals surface area contributed by atoms with Gasteiger partial charge in [-0.1, -0.05) is 48.5 Å². The summed E-state index contributed by atoms with van der Waals surface area (Å²) in [4.78, 5) is 37.0. The van der Waals surface area contributed by atoms with E-state index in [2.05, 4.69) is 10.6 Å². The van der Waals surface area contributed by atoms with Crippen LogP contribution in [0.5, 0.6) is 0 Å². The van der Waals surface area contributed by atoms with Crippen LogP contribution in [0.25, 0.3) is 0 Å². The Hall–Kier alpha value is -3.97. The molecule has 0 spiro atoms. The maximum Gasteiger partial charge on any atom is 0.335 e. The molecular weight excluding hydrogens is 372 g/mol. The number of carboxylic acid groups (broad SMARTS) is 1. The third-order valence-electron chi connectivity index (χ3n) is 4.27. The first-order chi connectivity index (χ1) is 13.9. The van der Waals surface area contributed by atoms with Gasteiger partial charge in [-0.05, 0) is 36.4 Å². The van der Waals surface area contributed by atoms with E-state index in [1.54, 1.807) is 60.7 Å². The van der Waals surface area contributed by atoms with Crippen molar-refractivity contribution in [1.82, 2.24) is 0 Å². The average Bonchev–Trinajstić information content (AvgIpc) is 2.74. The van der Waals surface area contributed by atoms with Gasteiger partial charge in [-0.25, -0.2) is 4.79 Å². The third kappa shape index (κ3) is 4.31. The highest BCUT2D eigenvalue weighted by Crippen LogP contribution is 2.26. The fourth-order valence-electron chi connectivity index (χ4n) is 2.71. The molecule has 0 fully saturated rings. The van der Waals surface area contributed by atoms with Gasteiger partial charge in [0.05, 0.1) is 5.56 Å². The van der Waals surface area contributed by atoms with Gasteiger partial charge in [0.25, 0.3) is 11.8 Å². The number of anilines is 2. The molecule has 3 aromatic rings. The number of aliphatic hydroxyl groups is 1. The van der Waals surface area contributed by atoms with E-state index in [1.807, 2.05) is 0 Å². The molecule has 0 atom stereocenters. The number of rotatable bonds is 6. The van der Waals surface area contributed by atoms with Crippen LogP contribution >= 0.6 is 0 Å². The Morgan fingerprint density at radius 3 is 1.45 bits per heavy atom. The molecule has 0 saturated heterocycles. The summed E-state index contributed by atoms with van der Waals surface area (Å²) in [7, 11) is 0. The first kappa shape index (κ1) is 19.8. The molecule has 0 aliphatic rings. The fraction of sp³-hybridized carbons (Fsp3) is 0.0455. The van der Waals surface area contributed by atoms with Crippen LogP contribution in [0, 0.1) is 0 Å². The number of carbonyl (C=O) groups excluding carboxylic acids is 2. The molecule has 4 N–H and O–H groups in total. The largest absolute Gasteiger partial charge is 0.478 e. The zero-order chi connectivity index (χ0) is 20.9. The summed E-state index contributed by atoms with van der Waals surface area (Å²) in [5.74, 6) is -3.11. The van der Waals surface area contributed by atoms with Gasteiger partial charge in [0, 0.05) is 16.9 Å². The van der Waals surface area contributed by atoms with E-state index in [0.29, 0.717) is 11.4 Å². The van der Waals surface area contributed by atoms with Gasteiger partial charge >= 0.3 is 5.97 Å². The van der Waals surface area contributed by atoms with Crippen LogP contribution in [0.1, 0.15) is 15.9 Å². The summed E-state index contributed by atoms with van der Waals surface area (Å²) in [6.07, 6.45) is 0. The molecule has 146 valence electrons. The van der Waals surface area contributed by atoms with Gasteiger partial charge < -0.3 is 20.8 Å². The highest BCUT2D eigenvalue weighted by atomic mass is 16.4. The van der Waals surface area contributed by atoms with Crippen LogP contribution in [-0.2, 0) is 15.2 Å². The van der Waals surface area contributed by atoms with Gasteiger partial charge in [0.15, 0.2) is 0 Å². The van der Waals surface area contributed by atoms with Crippen molar-refractivity contribution in [3.63, 3.8) is 0 Å². The van der Waals surface area contributed by atoms with Crippen molar-refractivity contribution in [3.8, 4) is 0 Å². The molecule has 0 aliphatic heterocycles. The molecule has 0 aliphatic carbocycles. The van der Waals surface area contributed by atoms with Crippen molar-refractivity contribution < 1.29 is 24.6 Å². The first-order valence-electron chi connectivity index (χ1n) is 8.70. The standard InChI is InChI=1S/C22H18N2O5/c25-19(26)15-11-13-16(14-12-15)22(29,20(27)23-17-7-3-1-4-8-17)21(28)24-18-9-5-2-6-10-18/h1-14,29H,(H,23,27)(H,24,28)(H,25,26). The molecule has 29 heavy (non-hydrogen) atoms. The van der Waals surface area contributed by atoms with E-state index in [9.17, 15) is 19.5 Å². The van der Waals surface area contributed by atoms with Crippen molar-refractivity contribution in [2.75, 3.05) is 10.6 Å². The van der Waals surface area contributed by atoms with Gasteiger partial charge in [-0.3, -0.25) is 9.59 Å². The second-order valence-corrected chi connectivity index (χ2v) is 6.23. The Balaban J connectivity index is 1.98. The minimum atomic E-state index is -2.59. The number of benzene rings is 3. The Morgan fingerprint density at radius 1 is 0.655 bits per heavy atom. The number of hydrogen-bond acceptors (Lipinski definition) is 4. The van der Waals surface area contributed by atoms with E-state index in [4.69, 9.17) is 5.11 Å². The predicted molar refractivity (Wildman–Crippen MR) is 107 cm³/mol. The molecule has 7 heteroatoms. The number of aromatic carboxylic acids is 1. The smallest absolute Gasteiger partial charge is 0.335 e. The number of carboxylic acids is 1. The summed E-state index contributed by atoms with van der Waals surface area (Å²) in [5.41, 5.74) is -1.91. The van der Waals surface area contributed by atoms with Crippen molar-refractivity contribution in [1.29, 1.82) is 0 Å². The molecule has 3 rings (SSSR count). The van der Waals surface area contributed by atoms with Gasteiger partial charge in [0.1, 0.15) is 0 Å². The second kappa shape index (κ2) is 8.37. The predicted octanol–water partition coefficient (Wildman–Crippen LogP) is 2.85. The van der Waals surface area contributed by atoms with E-state index >= 15 is 0 Å². The number of hydrogen-bond donors (Lipinski definition) is 4. The topological polar surface area (TPSA) is 116 Å². The van der Waals surface area contributed by atoms with Gasteiger partial charge in [-0.15, -0.1) is 0 Å². The second-order valence-electron chi connectivity index (χ2n) is 6.23. The maximum atomic E-state index is 12.9. The van der Waals surface area contributed by atoms with Crippen molar-refractivity contribution in [2.45, 2.75) is 5.60 Å². The number of amides is 2. The normalized spacial score (nSPS) is 10.8. The quantitative estimate of drug-likeness (QED) is 0.483. The Kier molecular flexibility index (Phi) is 5.71. The zero-order valence-electron chi connectivity index (χ0n) is 15.2. The van der Waals surface area contributed by atoms with E-state index < -0.39 is 23.4 Å². The van der Waals surface area contributed by atoms with Crippen LogP contribution < -0.4 is 10.6 Å². The number of nitrogens with one attached hydrogen (secondary N) is 2. The maximum absolute atomic E-state index is 12.9. The highest BCUT2D eigenvalue weighted by Gasteiger charge is 2.46. The Labute approximate surface area is 166 Å². The fourth-order valence-corrected chi connectivity index (χ4v) is 2.71. The van der Waals surface area contributed by atoms with E-state index in [0.717, 1.165) is 0 Å². The SMILES string of the molecule is O=C(O)c1ccc(C(O)(C(=O)Nc2ccccc2)C(=O)Nc2ccccc2)cc1. The summed E-state index contributed by atoms with van der Waals surface area (Å²) < 4.78 is 0. The van der Waals surface area contributed by atoms with E-state index in [-0.39, 0.29) is 11.1 Å². The van der Waals surface area contributed by atoms with Crippen molar-refractivity contribution in [3.05, 3.63) is 96.1 Å². The van der Waals surface area contributed by atoms with E-state index in [1.165, 1.54) is 24.3 Å². The summed E-state index contributed by atoms with van der Waals surface area (Å²) >= 11 is 0. The number of para-hydroxylation sites is 2. The molecule has 2 amide bonds. The lowest BCUT2D eigenvalue weighted by Gasteiger charge is -2.26. The average molecular weight is 390 g/mol.